The third kappa shape index (κ3) is 4.76. The molecule has 1 fully saturated rings. The van der Waals surface area contributed by atoms with Gasteiger partial charge in [-0.2, -0.15) is 0 Å². The van der Waals surface area contributed by atoms with Gasteiger partial charge in [0.15, 0.2) is 5.58 Å². The van der Waals surface area contributed by atoms with Gasteiger partial charge in [-0.05, 0) is 37.6 Å². The number of hydrogen-bond acceptors (Lipinski definition) is 8. The number of piperazine rings is 1. The van der Waals surface area contributed by atoms with E-state index in [4.69, 9.17) is 9.15 Å². The number of oxazole rings is 1. The van der Waals surface area contributed by atoms with Crippen molar-refractivity contribution in [2.75, 3.05) is 37.7 Å². The van der Waals surface area contributed by atoms with Crippen LogP contribution in [0.1, 0.15) is 28.0 Å². The first-order valence-electron chi connectivity index (χ1n) is 11.3. The zero-order valence-electron chi connectivity index (χ0n) is 19.2. The lowest BCUT2D eigenvalue weighted by Gasteiger charge is -2.36. The standard InChI is InChI=1S/C25H26N4O3S2/c1-3-31-20-9-5-4-8-19(20)28-11-13-29(14-12-28)24(30)18-15-33-22(26-18)16-34-25-27-23-17(2)7-6-10-21(23)32-25/h4-10,15H,3,11-14,16H2,1-2H3. The van der Waals surface area contributed by atoms with Gasteiger partial charge in [-0.3, -0.25) is 4.79 Å². The molecule has 0 unspecified atom stereocenters. The number of benzene rings is 2. The molecule has 7 nitrogen and oxygen atoms in total. The predicted molar refractivity (Wildman–Crippen MR) is 136 cm³/mol. The second kappa shape index (κ2) is 10.1. The maximum atomic E-state index is 13.0. The molecule has 0 radical (unpaired) electrons. The average Bonchev–Trinajstić information content (AvgIpc) is 3.51. The molecule has 34 heavy (non-hydrogen) atoms. The zero-order valence-corrected chi connectivity index (χ0v) is 20.8. The van der Waals surface area contributed by atoms with Gasteiger partial charge in [0, 0.05) is 31.6 Å². The molecular formula is C25H26N4O3S2. The molecule has 1 aliphatic rings. The van der Waals surface area contributed by atoms with Crippen LogP contribution in [0.2, 0.25) is 0 Å². The average molecular weight is 495 g/mol. The van der Waals surface area contributed by atoms with Crippen LogP contribution < -0.4 is 9.64 Å². The molecule has 1 aliphatic heterocycles. The van der Waals surface area contributed by atoms with Gasteiger partial charge >= 0.3 is 0 Å². The molecule has 4 aromatic rings. The second-order valence-corrected chi connectivity index (χ2v) is 9.87. The predicted octanol–water partition coefficient (Wildman–Crippen LogP) is 5.25. The first-order chi connectivity index (χ1) is 16.6. The SMILES string of the molecule is CCOc1ccccc1N1CCN(C(=O)c2csc(CSc3nc4c(C)cccc4o3)n2)CC1. The molecule has 0 N–H and O–H groups in total. The van der Waals surface area contributed by atoms with Crippen LogP contribution in [-0.4, -0.2) is 53.6 Å². The normalized spacial score (nSPS) is 14.1. The summed E-state index contributed by atoms with van der Waals surface area (Å²) in [5.41, 5.74) is 4.37. The largest absolute Gasteiger partial charge is 0.492 e. The summed E-state index contributed by atoms with van der Waals surface area (Å²) in [4.78, 5) is 26.4. The highest BCUT2D eigenvalue weighted by atomic mass is 32.2. The molecule has 2 aromatic heterocycles. The molecule has 176 valence electrons. The Morgan fingerprint density at radius 2 is 1.94 bits per heavy atom. The van der Waals surface area contributed by atoms with Crippen molar-refractivity contribution in [3.8, 4) is 5.75 Å². The maximum absolute atomic E-state index is 13.0. The number of para-hydroxylation sites is 3. The van der Waals surface area contributed by atoms with Crippen molar-refractivity contribution in [1.29, 1.82) is 0 Å². The van der Waals surface area contributed by atoms with Crippen molar-refractivity contribution in [2.24, 2.45) is 0 Å². The van der Waals surface area contributed by atoms with E-state index < -0.39 is 0 Å². The van der Waals surface area contributed by atoms with E-state index in [0.29, 0.717) is 36.4 Å². The molecule has 0 atom stereocenters. The molecule has 1 saturated heterocycles. The van der Waals surface area contributed by atoms with Gasteiger partial charge in [-0.25, -0.2) is 9.97 Å². The summed E-state index contributed by atoms with van der Waals surface area (Å²) < 4.78 is 11.6. The lowest BCUT2D eigenvalue weighted by Crippen LogP contribution is -2.49. The van der Waals surface area contributed by atoms with Crippen molar-refractivity contribution in [3.05, 3.63) is 64.1 Å². The number of carbonyl (C=O) groups is 1. The first kappa shape index (κ1) is 22.7. The minimum Gasteiger partial charge on any atom is -0.492 e. The topological polar surface area (TPSA) is 71.7 Å². The summed E-state index contributed by atoms with van der Waals surface area (Å²) in [5, 5.41) is 3.36. The summed E-state index contributed by atoms with van der Waals surface area (Å²) in [6.45, 7) is 7.48. The summed E-state index contributed by atoms with van der Waals surface area (Å²) in [6.07, 6.45) is 0. The molecule has 1 amide bonds. The Hall–Kier alpha value is -3.04. The molecule has 0 spiro atoms. The van der Waals surface area contributed by atoms with Gasteiger partial charge in [-0.1, -0.05) is 36.0 Å². The summed E-state index contributed by atoms with van der Waals surface area (Å²) >= 11 is 3.00. The van der Waals surface area contributed by atoms with Gasteiger partial charge in [0.05, 0.1) is 18.0 Å². The number of aromatic nitrogens is 2. The molecule has 0 aliphatic carbocycles. The number of ether oxygens (including phenoxy) is 1. The van der Waals surface area contributed by atoms with Gasteiger partial charge in [0.25, 0.3) is 11.1 Å². The molecule has 5 rings (SSSR count). The molecular weight excluding hydrogens is 468 g/mol. The molecule has 9 heteroatoms. The Labute approximate surface area is 206 Å². The van der Waals surface area contributed by atoms with Gasteiger partial charge < -0.3 is 19.0 Å². The highest BCUT2D eigenvalue weighted by molar-refractivity contribution is 7.98. The van der Waals surface area contributed by atoms with Crippen LogP contribution in [0.3, 0.4) is 0 Å². The van der Waals surface area contributed by atoms with E-state index in [0.717, 1.165) is 46.2 Å². The Morgan fingerprint density at radius 3 is 2.74 bits per heavy atom. The molecule has 0 bridgehead atoms. The Morgan fingerprint density at radius 1 is 1.12 bits per heavy atom. The Balaban J connectivity index is 1.18. The van der Waals surface area contributed by atoms with Crippen molar-refractivity contribution in [1.82, 2.24) is 14.9 Å². The molecule has 0 saturated carbocycles. The second-order valence-electron chi connectivity index (χ2n) is 8.00. The Kier molecular flexibility index (Phi) is 6.73. The van der Waals surface area contributed by atoms with Crippen LogP contribution in [0.15, 0.2) is 57.5 Å². The fraction of sp³-hybridized carbons (Fsp3) is 0.320. The van der Waals surface area contributed by atoms with E-state index >= 15 is 0 Å². The molecule has 3 heterocycles. The van der Waals surface area contributed by atoms with Gasteiger partial charge in [0.1, 0.15) is 22.0 Å². The van der Waals surface area contributed by atoms with Crippen LogP contribution in [0.4, 0.5) is 5.69 Å². The van der Waals surface area contributed by atoms with Gasteiger partial charge in [0.2, 0.25) is 0 Å². The zero-order chi connectivity index (χ0) is 23.5. The number of anilines is 1. The van der Waals surface area contributed by atoms with Crippen molar-refractivity contribution >= 4 is 45.8 Å². The van der Waals surface area contributed by atoms with E-state index in [1.165, 1.54) is 23.1 Å². The number of thioether (sulfide) groups is 1. The van der Waals surface area contributed by atoms with Gasteiger partial charge in [-0.15, -0.1) is 11.3 Å². The van der Waals surface area contributed by atoms with E-state index in [1.807, 2.05) is 60.5 Å². The highest BCUT2D eigenvalue weighted by Gasteiger charge is 2.25. The first-order valence-corrected chi connectivity index (χ1v) is 13.2. The quantitative estimate of drug-likeness (QED) is 0.325. The fourth-order valence-corrected chi connectivity index (χ4v) is 5.65. The number of thiazole rings is 1. The minimum atomic E-state index is -0.0114. The van der Waals surface area contributed by atoms with Crippen LogP contribution in [-0.2, 0) is 5.75 Å². The summed E-state index contributed by atoms with van der Waals surface area (Å²) in [6, 6.07) is 14.0. The van der Waals surface area contributed by atoms with Crippen molar-refractivity contribution in [2.45, 2.75) is 24.8 Å². The third-order valence-corrected chi connectivity index (χ3v) is 7.63. The lowest BCUT2D eigenvalue weighted by molar-refractivity contribution is 0.0741. The van der Waals surface area contributed by atoms with Crippen LogP contribution in [0.5, 0.6) is 5.75 Å². The number of fused-ring (bicyclic) bond motifs is 1. The minimum absolute atomic E-state index is 0.0114. The third-order valence-electron chi connectivity index (χ3n) is 5.76. The van der Waals surface area contributed by atoms with E-state index in [2.05, 4.69) is 20.9 Å². The van der Waals surface area contributed by atoms with Crippen molar-refractivity contribution < 1.29 is 13.9 Å². The number of amides is 1. The number of nitrogens with zero attached hydrogens (tertiary/aromatic N) is 4. The number of hydrogen-bond donors (Lipinski definition) is 0. The van der Waals surface area contributed by atoms with E-state index in [9.17, 15) is 4.79 Å². The lowest BCUT2D eigenvalue weighted by atomic mass is 10.2. The van der Waals surface area contributed by atoms with Crippen LogP contribution in [0.25, 0.3) is 11.1 Å². The highest BCUT2D eigenvalue weighted by Crippen LogP contribution is 2.30. The summed E-state index contributed by atoms with van der Waals surface area (Å²) in [5.74, 6) is 1.49. The maximum Gasteiger partial charge on any atom is 0.273 e. The monoisotopic (exact) mass is 494 g/mol. The summed E-state index contributed by atoms with van der Waals surface area (Å²) in [7, 11) is 0. The van der Waals surface area contributed by atoms with E-state index in [1.54, 1.807) is 0 Å². The van der Waals surface area contributed by atoms with Crippen LogP contribution in [0, 0.1) is 6.92 Å². The van der Waals surface area contributed by atoms with Crippen molar-refractivity contribution in [3.63, 3.8) is 0 Å². The van der Waals surface area contributed by atoms with Crippen LogP contribution >= 0.6 is 23.1 Å². The Bertz CT molecular complexity index is 1290. The smallest absolute Gasteiger partial charge is 0.273 e. The number of aryl methyl sites for hydroxylation is 1. The number of carbonyl (C=O) groups excluding carboxylic acids is 1. The fourth-order valence-electron chi connectivity index (χ4n) is 4.03. The number of rotatable bonds is 7. The molecule has 2 aromatic carbocycles. The van der Waals surface area contributed by atoms with E-state index in [-0.39, 0.29) is 5.91 Å².